The average Bonchev–Trinajstić information content (AvgIpc) is 3.43. The average molecular weight is 484 g/mol. The standard InChI is InChI=1S/C22H21N5O2S3/c1-14-6-3-4-9-18(14)25-19(28)11-20-23-16(12-30-20)13-31-22-27-26-21(32-22)24-15-7-5-8-17(10-15)29-2/h3-10,12H,11,13H2,1-2H3,(H,24,26)(H,25,28). The molecule has 0 saturated carbocycles. The molecule has 0 fully saturated rings. The van der Waals surface area contributed by atoms with E-state index in [9.17, 15) is 4.79 Å². The quantitative estimate of drug-likeness (QED) is 0.303. The van der Waals surface area contributed by atoms with Crippen molar-refractivity contribution in [2.45, 2.75) is 23.4 Å². The number of nitrogens with zero attached hydrogens (tertiary/aromatic N) is 3. The summed E-state index contributed by atoms with van der Waals surface area (Å²) in [5, 5.41) is 18.1. The van der Waals surface area contributed by atoms with Crippen molar-refractivity contribution in [3.8, 4) is 5.75 Å². The molecule has 0 aliphatic carbocycles. The lowest BCUT2D eigenvalue weighted by Gasteiger charge is -2.06. The number of para-hydroxylation sites is 1. The topological polar surface area (TPSA) is 89.0 Å². The molecule has 2 aromatic carbocycles. The first-order valence-corrected chi connectivity index (χ1v) is 12.4. The molecule has 0 radical (unpaired) electrons. The summed E-state index contributed by atoms with van der Waals surface area (Å²) in [5.74, 6) is 1.38. The molecule has 10 heteroatoms. The Hall–Kier alpha value is -2.95. The molecule has 2 heterocycles. The normalized spacial score (nSPS) is 10.7. The molecular weight excluding hydrogens is 462 g/mol. The number of aromatic nitrogens is 3. The van der Waals surface area contributed by atoms with Crippen molar-refractivity contribution in [1.82, 2.24) is 15.2 Å². The number of thiazole rings is 1. The highest BCUT2D eigenvalue weighted by Crippen LogP contribution is 2.31. The Labute approximate surface area is 198 Å². The van der Waals surface area contributed by atoms with E-state index >= 15 is 0 Å². The number of aryl methyl sites for hydroxylation is 1. The van der Waals surface area contributed by atoms with Crippen molar-refractivity contribution >= 4 is 56.8 Å². The number of nitrogens with one attached hydrogen (secondary N) is 2. The van der Waals surface area contributed by atoms with E-state index in [0.717, 1.165) is 37.7 Å². The number of methoxy groups -OCH3 is 1. The van der Waals surface area contributed by atoms with E-state index in [1.807, 2.05) is 60.8 Å². The van der Waals surface area contributed by atoms with Gasteiger partial charge in [-0.25, -0.2) is 4.98 Å². The number of hydrogen-bond acceptors (Lipinski definition) is 9. The van der Waals surface area contributed by atoms with E-state index in [-0.39, 0.29) is 12.3 Å². The number of hydrogen-bond donors (Lipinski definition) is 2. The van der Waals surface area contributed by atoms with Crippen molar-refractivity contribution in [3.05, 3.63) is 70.2 Å². The number of carbonyl (C=O) groups excluding carboxylic acids is 1. The van der Waals surface area contributed by atoms with Gasteiger partial charge in [0.15, 0.2) is 4.34 Å². The van der Waals surface area contributed by atoms with Gasteiger partial charge in [0, 0.05) is 28.6 Å². The molecule has 0 aliphatic rings. The maximum Gasteiger partial charge on any atom is 0.231 e. The van der Waals surface area contributed by atoms with Crippen LogP contribution in [0.5, 0.6) is 5.75 Å². The number of benzene rings is 2. The number of anilines is 3. The smallest absolute Gasteiger partial charge is 0.231 e. The molecule has 0 aliphatic heterocycles. The van der Waals surface area contributed by atoms with Crippen molar-refractivity contribution < 1.29 is 9.53 Å². The molecule has 4 rings (SSSR count). The van der Waals surface area contributed by atoms with Gasteiger partial charge in [-0.1, -0.05) is 47.4 Å². The molecule has 32 heavy (non-hydrogen) atoms. The summed E-state index contributed by atoms with van der Waals surface area (Å²) >= 11 is 4.55. The van der Waals surface area contributed by atoms with Crippen LogP contribution >= 0.6 is 34.4 Å². The van der Waals surface area contributed by atoms with Crippen LogP contribution in [0.4, 0.5) is 16.5 Å². The van der Waals surface area contributed by atoms with Gasteiger partial charge < -0.3 is 15.4 Å². The van der Waals surface area contributed by atoms with Crippen molar-refractivity contribution in [1.29, 1.82) is 0 Å². The van der Waals surface area contributed by atoms with Crippen LogP contribution in [0.25, 0.3) is 0 Å². The third kappa shape index (κ3) is 6.06. The first kappa shape index (κ1) is 22.3. The highest BCUT2D eigenvalue weighted by atomic mass is 32.2. The second kappa shape index (κ2) is 10.6. The van der Waals surface area contributed by atoms with Crippen LogP contribution < -0.4 is 15.4 Å². The van der Waals surface area contributed by atoms with E-state index in [1.54, 1.807) is 18.9 Å². The predicted molar refractivity (Wildman–Crippen MR) is 131 cm³/mol. The molecule has 0 atom stereocenters. The molecule has 2 aromatic heterocycles. The predicted octanol–water partition coefficient (Wildman–Crippen LogP) is 5.53. The van der Waals surface area contributed by atoms with Crippen LogP contribution in [0.2, 0.25) is 0 Å². The number of amides is 1. The zero-order chi connectivity index (χ0) is 22.3. The van der Waals surface area contributed by atoms with E-state index < -0.39 is 0 Å². The second-order valence-electron chi connectivity index (χ2n) is 6.79. The minimum atomic E-state index is -0.0646. The minimum absolute atomic E-state index is 0.0646. The summed E-state index contributed by atoms with van der Waals surface area (Å²) < 4.78 is 6.09. The van der Waals surface area contributed by atoms with Crippen molar-refractivity contribution in [2.75, 3.05) is 17.7 Å². The van der Waals surface area contributed by atoms with Crippen LogP contribution in [-0.4, -0.2) is 28.2 Å². The summed E-state index contributed by atoms with van der Waals surface area (Å²) in [5.41, 5.74) is 3.69. The Morgan fingerprint density at radius 3 is 2.88 bits per heavy atom. The van der Waals surface area contributed by atoms with E-state index in [4.69, 9.17) is 4.74 Å². The van der Waals surface area contributed by atoms with Gasteiger partial charge in [-0.15, -0.1) is 21.5 Å². The van der Waals surface area contributed by atoms with Gasteiger partial charge in [-0.05, 0) is 30.7 Å². The fourth-order valence-electron chi connectivity index (χ4n) is 2.82. The van der Waals surface area contributed by atoms with Crippen LogP contribution in [-0.2, 0) is 17.0 Å². The molecular formula is C22H21N5O2S3. The van der Waals surface area contributed by atoms with Crippen LogP contribution in [0, 0.1) is 6.92 Å². The maximum absolute atomic E-state index is 12.3. The van der Waals surface area contributed by atoms with Crippen molar-refractivity contribution in [3.63, 3.8) is 0 Å². The SMILES string of the molecule is COc1cccc(Nc2nnc(SCc3csc(CC(=O)Nc4ccccc4C)n3)s2)c1. The number of rotatable bonds is 9. The largest absolute Gasteiger partial charge is 0.497 e. The zero-order valence-corrected chi connectivity index (χ0v) is 19.9. The molecule has 0 spiro atoms. The van der Waals surface area contributed by atoms with Gasteiger partial charge in [0.1, 0.15) is 10.8 Å². The lowest BCUT2D eigenvalue weighted by molar-refractivity contribution is -0.115. The summed E-state index contributed by atoms with van der Waals surface area (Å²) in [6.07, 6.45) is 0.261. The molecule has 164 valence electrons. The minimum Gasteiger partial charge on any atom is -0.497 e. The van der Waals surface area contributed by atoms with Crippen LogP contribution in [0.3, 0.4) is 0 Å². The number of carbonyl (C=O) groups is 1. The molecule has 0 unspecified atom stereocenters. The summed E-state index contributed by atoms with van der Waals surface area (Å²) in [4.78, 5) is 16.9. The fourth-order valence-corrected chi connectivity index (χ4v) is 5.38. The van der Waals surface area contributed by atoms with Gasteiger partial charge >= 0.3 is 0 Å². The van der Waals surface area contributed by atoms with Crippen molar-refractivity contribution in [2.24, 2.45) is 0 Å². The zero-order valence-electron chi connectivity index (χ0n) is 17.5. The molecule has 7 nitrogen and oxygen atoms in total. The van der Waals surface area contributed by atoms with E-state index in [0.29, 0.717) is 10.9 Å². The highest BCUT2D eigenvalue weighted by Gasteiger charge is 2.11. The Balaban J connectivity index is 1.28. The Morgan fingerprint density at radius 2 is 2.03 bits per heavy atom. The summed E-state index contributed by atoms with van der Waals surface area (Å²) in [7, 11) is 1.64. The monoisotopic (exact) mass is 483 g/mol. The first-order valence-electron chi connectivity index (χ1n) is 9.75. The third-order valence-electron chi connectivity index (χ3n) is 4.40. The number of ether oxygens (including phenoxy) is 1. The lowest BCUT2D eigenvalue weighted by Crippen LogP contribution is -2.15. The maximum atomic E-state index is 12.3. The van der Waals surface area contributed by atoms with Gasteiger partial charge in [0.2, 0.25) is 11.0 Å². The van der Waals surface area contributed by atoms with Gasteiger partial charge in [0.05, 0.1) is 19.2 Å². The summed E-state index contributed by atoms with van der Waals surface area (Å²) in [6, 6.07) is 15.4. The van der Waals surface area contributed by atoms with Crippen LogP contribution in [0.15, 0.2) is 58.3 Å². The molecule has 0 bridgehead atoms. The van der Waals surface area contributed by atoms with E-state index in [2.05, 4.69) is 25.8 Å². The molecule has 4 aromatic rings. The van der Waals surface area contributed by atoms with Gasteiger partial charge in [0.25, 0.3) is 0 Å². The molecule has 1 amide bonds. The first-order chi connectivity index (χ1) is 15.6. The highest BCUT2D eigenvalue weighted by molar-refractivity contribution is 8.00. The number of thioether (sulfide) groups is 1. The van der Waals surface area contributed by atoms with Gasteiger partial charge in [-0.2, -0.15) is 0 Å². The molecule has 0 saturated heterocycles. The fraction of sp³-hybridized carbons (Fsp3) is 0.182. The Bertz CT molecular complexity index is 1210. The van der Waals surface area contributed by atoms with Gasteiger partial charge in [-0.3, -0.25) is 4.79 Å². The lowest BCUT2D eigenvalue weighted by atomic mass is 10.2. The second-order valence-corrected chi connectivity index (χ2v) is 9.93. The van der Waals surface area contributed by atoms with Crippen LogP contribution in [0.1, 0.15) is 16.3 Å². The molecule has 2 N–H and O–H groups in total. The third-order valence-corrected chi connectivity index (χ3v) is 7.30. The summed E-state index contributed by atoms with van der Waals surface area (Å²) in [6.45, 7) is 1.97. The van der Waals surface area contributed by atoms with E-state index in [1.165, 1.54) is 22.7 Å². The Morgan fingerprint density at radius 1 is 1.16 bits per heavy atom. The Kier molecular flexibility index (Phi) is 7.35.